The van der Waals surface area contributed by atoms with E-state index < -0.39 is 17.6 Å². The van der Waals surface area contributed by atoms with Gasteiger partial charge in [0.25, 0.3) is 0 Å². The van der Waals surface area contributed by atoms with Crippen LogP contribution in [0.25, 0.3) is 6.08 Å². The first kappa shape index (κ1) is 19.3. The smallest absolute Gasteiger partial charge is 0.303 e. The van der Waals surface area contributed by atoms with Gasteiger partial charge in [-0.05, 0) is 31.2 Å². The van der Waals surface area contributed by atoms with Crippen LogP contribution in [0.1, 0.15) is 56.9 Å². The van der Waals surface area contributed by atoms with Gasteiger partial charge < -0.3 is 5.11 Å². The summed E-state index contributed by atoms with van der Waals surface area (Å²) in [6.45, 7) is 0. The predicted molar refractivity (Wildman–Crippen MR) is 92.0 cm³/mol. The molecule has 25 heavy (non-hydrogen) atoms. The topological polar surface area (TPSA) is 54.4 Å². The van der Waals surface area contributed by atoms with Crippen LogP contribution in [0.4, 0.5) is 8.78 Å². The van der Waals surface area contributed by atoms with Crippen molar-refractivity contribution in [3.05, 3.63) is 41.5 Å². The monoisotopic (exact) mass is 350 g/mol. The van der Waals surface area contributed by atoms with E-state index in [-0.39, 0.29) is 29.6 Å². The molecule has 1 N–H and O–H groups in total. The van der Waals surface area contributed by atoms with E-state index in [0.29, 0.717) is 12.8 Å². The Kier molecular flexibility index (Phi) is 7.29. The number of hydrogen-bond acceptors (Lipinski definition) is 2. The molecule has 0 aromatic heterocycles. The van der Waals surface area contributed by atoms with Crippen molar-refractivity contribution >= 4 is 17.8 Å². The molecule has 0 amide bonds. The van der Waals surface area contributed by atoms with Crippen molar-refractivity contribution in [3.8, 4) is 0 Å². The largest absolute Gasteiger partial charge is 0.481 e. The molecule has 5 heteroatoms. The van der Waals surface area contributed by atoms with Crippen LogP contribution in [0.15, 0.2) is 24.3 Å². The highest BCUT2D eigenvalue weighted by Crippen LogP contribution is 2.34. The van der Waals surface area contributed by atoms with Gasteiger partial charge in [0.2, 0.25) is 0 Å². The number of hydrogen-bond donors (Lipinski definition) is 1. The summed E-state index contributed by atoms with van der Waals surface area (Å²) in [5, 5.41) is 8.60. The van der Waals surface area contributed by atoms with Crippen LogP contribution in [0.5, 0.6) is 0 Å². The normalized spacial score (nSPS) is 20.5. The van der Waals surface area contributed by atoms with Gasteiger partial charge in [-0.3, -0.25) is 9.59 Å². The van der Waals surface area contributed by atoms with Gasteiger partial charge in [0.15, 0.2) is 11.6 Å². The second kappa shape index (κ2) is 9.44. The highest BCUT2D eigenvalue weighted by molar-refractivity contribution is 5.84. The van der Waals surface area contributed by atoms with E-state index in [1.54, 1.807) is 6.08 Å². The number of allylic oxidation sites excluding steroid dienone is 1. The first-order chi connectivity index (χ1) is 12.0. The van der Waals surface area contributed by atoms with Gasteiger partial charge in [-0.2, -0.15) is 0 Å². The number of aliphatic carboxylic acids is 1. The molecule has 1 saturated carbocycles. The standard InChI is InChI=1S/C20H24F2O3/c21-17-8-5-6-15(20(17)22)11-10-14-12-13-18(23)16(14)7-3-1-2-4-9-19(24)25/h5-6,8,10-11,14,16H,1-4,7,9,12-13H2,(H,24,25). The van der Waals surface area contributed by atoms with Gasteiger partial charge in [0.05, 0.1) is 0 Å². The number of carboxylic acid groups (broad SMARTS) is 1. The molecule has 1 aromatic carbocycles. The molecule has 1 fully saturated rings. The Labute approximate surface area is 146 Å². The molecule has 0 heterocycles. The molecule has 1 aliphatic carbocycles. The Hall–Kier alpha value is -2.04. The molecule has 0 bridgehead atoms. The lowest BCUT2D eigenvalue weighted by Gasteiger charge is -2.15. The Morgan fingerprint density at radius 2 is 1.96 bits per heavy atom. The summed E-state index contributed by atoms with van der Waals surface area (Å²) in [6.07, 6.45) is 8.94. The van der Waals surface area contributed by atoms with Crippen LogP contribution in [0, 0.1) is 23.5 Å². The predicted octanol–water partition coefficient (Wildman–Crippen LogP) is 5.00. The molecular formula is C20H24F2O3. The molecule has 2 unspecified atom stereocenters. The van der Waals surface area contributed by atoms with Crippen molar-refractivity contribution in [2.45, 2.75) is 51.4 Å². The minimum absolute atomic E-state index is 0.0626. The maximum Gasteiger partial charge on any atom is 0.303 e. The summed E-state index contributed by atoms with van der Waals surface area (Å²) >= 11 is 0. The molecule has 0 radical (unpaired) electrons. The minimum Gasteiger partial charge on any atom is -0.481 e. The highest BCUT2D eigenvalue weighted by atomic mass is 19.2. The number of rotatable bonds is 9. The Balaban J connectivity index is 1.85. The number of halogens is 2. The molecule has 0 saturated heterocycles. The molecule has 3 nitrogen and oxygen atoms in total. The molecular weight excluding hydrogens is 326 g/mol. The van der Waals surface area contributed by atoms with Crippen LogP contribution in [0.3, 0.4) is 0 Å². The summed E-state index contributed by atoms with van der Waals surface area (Å²) < 4.78 is 26.9. The van der Waals surface area contributed by atoms with Crippen LogP contribution < -0.4 is 0 Å². The van der Waals surface area contributed by atoms with Gasteiger partial charge >= 0.3 is 5.97 Å². The summed E-state index contributed by atoms with van der Waals surface area (Å²) in [6, 6.07) is 4.06. The summed E-state index contributed by atoms with van der Waals surface area (Å²) in [5.74, 6) is -2.28. The second-order valence-electron chi connectivity index (χ2n) is 6.62. The van der Waals surface area contributed by atoms with Crippen molar-refractivity contribution in [3.63, 3.8) is 0 Å². The van der Waals surface area contributed by atoms with Crippen molar-refractivity contribution < 1.29 is 23.5 Å². The fourth-order valence-electron chi connectivity index (χ4n) is 3.41. The van der Waals surface area contributed by atoms with Gasteiger partial charge in [-0.25, -0.2) is 8.78 Å². The fourth-order valence-corrected chi connectivity index (χ4v) is 3.41. The van der Waals surface area contributed by atoms with Crippen LogP contribution in [0.2, 0.25) is 0 Å². The first-order valence-corrected chi connectivity index (χ1v) is 8.85. The van der Waals surface area contributed by atoms with E-state index in [1.807, 2.05) is 6.08 Å². The lowest BCUT2D eigenvalue weighted by Crippen LogP contribution is -2.13. The zero-order valence-electron chi connectivity index (χ0n) is 14.2. The average Bonchev–Trinajstić information content (AvgIpc) is 2.92. The summed E-state index contributed by atoms with van der Waals surface area (Å²) in [5.41, 5.74) is 0.201. The van der Waals surface area contributed by atoms with Gasteiger partial charge in [0, 0.05) is 24.3 Å². The van der Waals surface area contributed by atoms with Gasteiger partial charge in [-0.1, -0.05) is 43.5 Å². The number of carboxylic acids is 1. The summed E-state index contributed by atoms with van der Waals surface area (Å²) in [4.78, 5) is 22.5. The molecule has 136 valence electrons. The zero-order valence-corrected chi connectivity index (χ0v) is 14.2. The van der Waals surface area contributed by atoms with Gasteiger partial charge in [-0.15, -0.1) is 0 Å². The van der Waals surface area contributed by atoms with Gasteiger partial charge in [0.1, 0.15) is 5.78 Å². The third-order valence-electron chi connectivity index (χ3n) is 4.81. The minimum atomic E-state index is -0.873. The molecule has 1 aromatic rings. The molecule has 2 rings (SSSR count). The zero-order chi connectivity index (χ0) is 18.2. The number of carbonyl (C=O) groups is 2. The van der Waals surface area contributed by atoms with Crippen molar-refractivity contribution in [2.24, 2.45) is 11.8 Å². The van der Waals surface area contributed by atoms with Crippen molar-refractivity contribution in [2.75, 3.05) is 0 Å². The van der Waals surface area contributed by atoms with Crippen LogP contribution in [-0.2, 0) is 9.59 Å². The number of benzene rings is 1. The number of unbranched alkanes of at least 4 members (excludes halogenated alkanes) is 3. The maximum atomic E-state index is 13.7. The van der Waals surface area contributed by atoms with E-state index in [1.165, 1.54) is 12.1 Å². The third-order valence-corrected chi connectivity index (χ3v) is 4.81. The Bertz CT molecular complexity index is 640. The van der Waals surface area contributed by atoms with Crippen molar-refractivity contribution in [1.29, 1.82) is 0 Å². The number of carbonyl (C=O) groups excluding carboxylic acids is 1. The van der Waals surface area contributed by atoms with E-state index in [2.05, 4.69) is 0 Å². The first-order valence-electron chi connectivity index (χ1n) is 8.85. The van der Waals surface area contributed by atoms with E-state index in [9.17, 15) is 18.4 Å². The average molecular weight is 350 g/mol. The van der Waals surface area contributed by atoms with E-state index in [4.69, 9.17) is 5.11 Å². The second-order valence-corrected chi connectivity index (χ2v) is 6.62. The number of Topliss-reactive ketones (excluding diaryl/α,β-unsaturated/α-hetero) is 1. The molecule has 0 aliphatic heterocycles. The van der Waals surface area contributed by atoms with Crippen LogP contribution in [-0.4, -0.2) is 16.9 Å². The Morgan fingerprint density at radius 1 is 1.20 bits per heavy atom. The SMILES string of the molecule is O=C(O)CCCCCCC1C(=O)CCC1C=Cc1cccc(F)c1F. The van der Waals surface area contributed by atoms with Crippen LogP contribution >= 0.6 is 0 Å². The lowest BCUT2D eigenvalue weighted by atomic mass is 9.89. The van der Waals surface area contributed by atoms with E-state index in [0.717, 1.165) is 38.2 Å². The summed E-state index contributed by atoms with van der Waals surface area (Å²) in [7, 11) is 0. The maximum absolute atomic E-state index is 13.7. The lowest BCUT2D eigenvalue weighted by molar-refractivity contribution is -0.137. The highest BCUT2D eigenvalue weighted by Gasteiger charge is 2.32. The Morgan fingerprint density at radius 3 is 2.72 bits per heavy atom. The fraction of sp³-hybridized carbons (Fsp3) is 0.500. The third kappa shape index (κ3) is 5.76. The van der Waals surface area contributed by atoms with Crippen molar-refractivity contribution in [1.82, 2.24) is 0 Å². The molecule has 2 atom stereocenters. The number of ketones is 1. The van der Waals surface area contributed by atoms with E-state index >= 15 is 0 Å². The molecule has 1 aliphatic rings. The molecule has 0 spiro atoms. The quantitative estimate of drug-likeness (QED) is 0.638.